The van der Waals surface area contributed by atoms with Gasteiger partial charge in [-0.15, -0.1) is 6.58 Å². The van der Waals surface area contributed by atoms with E-state index in [1.54, 1.807) is 13.1 Å². The molecule has 0 aromatic carbocycles. The summed E-state index contributed by atoms with van der Waals surface area (Å²) in [6, 6.07) is 2.49. The van der Waals surface area contributed by atoms with Crippen LogP contribution in [0.5, 0.6) is 0 Å². The Bertz CT molecular complexity index is 487. The Kier molecular flexibility index (Phi) is 4.36. The summed E-state index contributed by atoms with van der Waals surface area (Å²) in [5.74, 6) is -0.541. The summed E-state index contributed by atoms with van der Waals surface area (Å²) in [5.41, 5.74) is -0.152. The fraction of sp³-hybridized carbons (Fsp3) is 0.273. The van der Waals surface area contributed by atoms with Gasteiger partial charge in [0.1, 0.15) is 0 Å². The maximum absolute atomic E-state index is 11.3. The van der Waals surface area contributed by atoms with E-state index in [-0.39, 0.29) is 17.2 Å². The van der Waals surface area contributed by atoms with Crippen molar-refractivity contribution in [1.82, 2.24) is 4.98 Å². The molecule has 0 saturated heterocycles. The van der Waals surface area contributed by atoms with Crippen molar-refractivity contribution in [3.63, 3.8) is 0 Å². The summed E-state index contributed by atoms with van der Waals surface area (Å²) in [6.07, 6.45) is 1.58. The first-order valence-electron chi connectivity index (χ1n) is 5.07. The molecule has 96 valence electrons. The Hall–Kier alpha value is -2.44. The van der Waals surface area contributed by atoms with Gasteiger partial charge in [-0.1, -0.05) is 6.08 Å². The molecule has 1 aromatic rings. The molecule has 0 amide bonds. The van der Waals surface area contributed by atoms with Crippen LogP contribution >= 0.6 is 0 Å². The molecule has 0 fully saturated rings. The average molecular weight is 251 g/mol. The number of anilines is 1. The van der Waals surface area contributed by atoms with Gasteiger partial charge in [0.25, 0.3) is 0 Å². The highest BCUT2D eigenvalue weighted by atomic mass is 16.6. The molecule has 0 unspecified atom stereocenters. The number of likely N-dealkylation sites (N-methyl/N-ethyl adjacent to an activating group) is 1. The number of ether oxygens (including phenoxy) is 1. The second-order valence-electron chi connectivity index (χ2n) is 3.46. The third-order valence-corrected chi connectivity index (χ3v) is 2.21. The number of rotatable bonds is 5. The van der Waals surface area contributed by atoms with Gasteiger partial charge in [-0.25, -0.2) is 9.78 Å². The van der Waals surface area contributed by atoms with Crippen LogP contribution < -0.4 is 4.90 Å². The van der Waals surface area contributed by atoms with Crippen LogP contribution in [0.4, 0.5) is 11.5 Å². The lowest BCUT2D eigenvalue weighted by Gasteiger charge is -2.16. The number of nitrogens with zero attached hydrogens (tertiary/aromatic N) is 3. The van der Waals surface area contributed by atoms with Crippen molar-refractivity contribution in [3.8, 4) is 0 Å². The van der Waals surface area contributed by atoms with E-state index < -0.39 is 10.9 Å². The zero-order valence-corrected chi connectivity index (χ0v) is 10.1. The van der Waals surface area contributed by atoms with Gasteiger partial charge in [0, 0.05) is 19.7 Å². The largest absolute Gasteiger partial charge is 0.464 e. The van der Waals surface area contributed by atoms with Crippen molar-refractivity contribution in [2.45, 2.75) is 0 Å². The molecular weight excluding hydrogens is 238 g/mol. The minimum absolute atomic E-state index is 0.0222. The van der Waals surface area contributed by atoms with Gasteiger partial charge in [-0.3, -0.25) is 10.1 Å². The smallest absolute Gasteiger partial charge is 0.356 e. The SMILES string of the molecule is C=CCN(C)c1nc(C(=O)OC)ccc1[N+](=O)[O-]. The Morgan fingerprint density at radius 1 is 1.67 bits per heavy atom. The van der Waals surface area contributed by atoms with Crippen molar-refractivity contribution >= 4 is 17.5 Å². The lowest BCUT2D eigenvalue weighted by Crippen LogP contribution is -2.20. The van der Waals surface area contributed by atoms with E-state index in [1.165, 1.54) is 24.1 Å². The van der Waals surface area contributed by atoms with Crippen molar-refractivity contribution in [3.05, 3.63) is 40.6 Å². The van der Waals surface area contributed by atoms with Crippen LogP contribution in [0, 0.1) is 10.1 Å². The normalized spacial score (nSPS) is 9.67. The Labute approximate surface area is 104 Å². The number of hydrogen-bond donors (Lipinski definition) is 0. The summed E-state index contributed by atoms with van der Waals surface area (Å²) in [5, 5.41) is 10.9. The summed E-state index contributed by atoms with van der Waals surface area (Å²) < 4.78 is 4.52. The maximum Gasteiger partial charge on any atom is 0.356 e. The third-order valence-electron chi connectivity index (χ3n) is 2.21. The van der Waals surface area contributed by atoms with Crippen LogP contribution in [0.2, 0.25) is 0 Å². The highest BCUT2D eigenvalue weighted by Gasteiger charge is 2.21. The van der Waals surface area contributed by atoms with Crippen LogP contribution in [0.3, 0.4) is 0 Å². The summed E-state index contributed by atoms with van der Waals surface area (Å²) in [4.78, 5) is 27.1. The zero-order valence-electron chi connectivity index (χ0n) is 10.1. The van der Waals surface area contributed by atoms with Crippen molar-refractivity contribution in [2.75, 3.05) is 25.6 Å². The van der Waals surface area contributed by atoms with Crippen LogP contribution in [-0.2, 0) is 4.74 Å². The van der Waals surface area contributed by atoms with Crippen LogP contribution in [0.1, 0.15) is 10.5 Å². The Morgan fingerprint density at radius 2 is 2.33 bits per heavy atom. The van der Waals surface area contributed by atoms with Crippen molar-refractivity contribution < 1.29 is 14.5 Å². The number of methoxy groups -OCH3 is 1. The molecule has 18 heavy (non-hydrogen) atoms. The van der Waals surface area contributed by atoms with Crippen LogP contribution in [0.15, 0.2) is 24.8 Å². The van der Waals surface area contributed by atoms with E-state index in [0.29, 0.717) is 6.54 Å². The molecule has 1 rings (SSSR count). The van der Waals surface area contributed by atoms with E-state index in [9.17, 15) is 14.9 Å². The predicted molar refractivity (Wildman–Crippen MR) is 65.7 cm³/mol. The van der Waals surface area contributed by atoms with Crippen molar-refractivity contribution in [2.24, 2.45) is 0 Å². The molecule has 7 heteroatoms. The molecule has 1 heterocycles. The molecule has 0 atom stereocenters. The second kappa shape index (κ2) is 5.76. The quantitative estimate of drug-likeness (QED) is 0.340. The van der Waals surface area contributed by atoms with Gasteiger partial charge in [-0.2, -0.15) is 0 Å². The summed E-state index contributed by atoms with van der Waals surface area (Å²) in [6.45, 7) is 3.92. The van der Waals surface area contributed by atoms with Crippen molar-refractivity contribution in [1.29, 1.82) is 0 Å². The fourth-order valence-corrected chi connectivity index (χ4v) is 1.36. The Morgan fingerprint density at radius 3 is 2.83 bits per heavy atom. The van der Waals surface area contributed by atoms with Gasteiger partial charge >= 0.3 is 11.7 Å². The molecule has 0 N–H and O–H groups in total. The highest BCUT2D eigenvalue weighted by molar-refractivity contribution is 5.88. The minimum Gasteiger partial charge on any atom is -0.464 e. The van der Waals surface area contributed by atoms with Gasteiger partial charge < -0.3 is 9.64 Å². The third kappa shape index (κ3) is 2.82. The lowest BCUT2D eigenvalue weighted by atomic mass is 10.3. The first kappa shape index (κ1) is 13.6. The summed E-state index contributed by atoms with van der Waals surface area (Å²) >= 11 is 0. The average Bonchev–Trinajstić information content (AvgIpc) is 2.37. The van der Waals surface area contributed by atoms with E-state index in [0.717, 1.165) is 0 Å². The molecule has 0 bridgehead atoms. The van der Waals surface area contributed by atoms with E-state index in [4.69, 9.17) is 0 Å². The lowest BCUT2D eigenvalue weighted by molar-refractivity contribution is -0.384. The molecule has 0 spiro atoms. The van der Waals surface area contributed by atoms with Crippen LogP contribution in [-0.4, -0.2) is 36.6 Å². The molecular formula is C11H13N3O4. The molecule has 0 saturated carbocycles. The molecule has 0 aliphatic heterocycles. The number of aromatic nitrogens is 1. The monoisotopic (exact) mass is 251 g/mol. The molecule has 0 radical (unpaired) electrons. The molecule has 1 aromatic heterocycles. The van der Waals surface area contributed by atoms with E-state index >= 15 is 0 Å². The highest BCUT2D eigenvalue weighted by Crippen LogP contribution is 2.25. The number of esters is 1. The standard InChI is InChI=1S/C11H13N3O4/c1-4-7-13(2)10-9(14(16)17)6-5-8(12-10)11(15)18-3/h4-6H,1,7H2,2-3H3. The molecule has 0 aliphatic carbocycles. The van der Waals surface area contributed by atoms with E-state index in [2.05, 4.69) is 16.3 Å². The van der Waals surface area contributed by atoms with Gasteiger partial charge in [0.2, 0.25) is 5.82 Å². The van der Waals surface area contributed by atoms with Gasteiger partial charge in [-0.05, 0) is 6.07 Å². The first-order valence-corrected chi connectivity index (χ1v) is 5.07. The molecule has 7 nitrogen and oxygen atoms in total. The van der Waals surface area contributed by atoms with Crippen LogP contribution in [0.25, 0.3) is 0 Å². The Balaban J connectivity index is 3.27. The number of hydrogen-bond acceptors (Lipinski definition) is 6. The van der Waals surface area contributed by atoms with Gasteiger partial charge in [0.05, 0.1) is 12.0 Å². The number of carbonyl (C=O) groups is 1. The predicted octanol–water partition coefficient (Wildman–Crippen LogP) is 1.40. The maximum atomic E-state index is 11.3. The minimum atomic E-state index is -0.641. The topological polar surface area (TPSA) is 85.6 Å². The first-order chi connectivity index (χ1) is 8.51. The second-order valence-corrected chi connectivity index (χ2v) is 3.46. The number of nitro groups is 1. The summed E-state index contributed by atoms with van der Waals surface area (Å²) in [7, 11) is 2.84. The molecule has 0 aliphatic rings. The number of carbonyl (C=O) groups excluding carboxylic acids is 1. The van der Waals surface area contributed by atoms with Gasteiger partial charge in [0.15, 0.2) is 5.69 Å². The number of pyridine rings is 1. The fourth-order valence-electron chi connectivity index (χ4n) is 1.36. The zero-order chi connectivity index (χ0) is 13.7. The van der Waals surface area contributed by atoms with E-state index in [1.807, 2.05) is 0 Å².